The topological polar surface area (TPSA) is 38.7 Å². The number of hydrogen-bond donors (Lipinski definition) is 1. The molecule has 1 spiro atoms. The van der Waals surface area contributed by atoms with Gasteiger partial charge in [-0.2, -0.15) is 0 Å². The molecule has 0 aromatic carbocycles. The van der Waals surface area contributed by atoms with Gasteiger partial charge in [0, 0.05) is 5.41 Å². The Labute approximate surface area is 145 Å². The Hall–Kier alpha value is -0.640. The minimum Gasteiger partial charge on any atom is -0.393 e. The van der Waals surface area contributed by atoms with Gasteiger partial charge >= 0.3 is 0 Å². The smallest absolute Gasteiger partial charge is 0.193 e. The summed E-state index contributed by atoms with van der Waals surface area (Å²) in [5.41, 5.74) is 1.92. The highest BCUT2D eigenvalue weighted by atomic mass is 16.7. The molecule has 5 aliphatic rings. The number of ether oxygens (including phenoxy) is 2. The van der Waals surface area contributed by atoms with Gasteiger partial charge in [-0.25, -0.2) is 0 Å². The predicted octanol–water partition coefficient (Wildman–Crippen LogP) is 3.83. The van der Waals surface area contributed by atoms with Crippen LogP contribution in [0.15, 0.2) is 23.8 Å². The van der Waals surface area contributed by atoms with Crippen LogP contribution in [0.4, 0.5) is 0 Å². The quantitative estimate of drug-likeness (QED) is 0.686. The van der Waals surface area contributed by atoms with Crippen LogP contribution >= 0.6 is 0 Å². The Morgan fingerprint density at radius 3 is 2.71 bits per heavy atom. The standard InChI is InChI=1S/C21H30O3/c1-19-8-5-15(22)13-14(19)3-4-16-17(19)6-9-20(2)18(16)7-10-21(20)23-11-12-24-21/h3,7,10,15-18,22H,4-6,8-9,11-13H2,1-2H3/t15-,16+,17-,18-,19-,20-/m0/s1. The first kappa shape index (κ1) is 15.6. The molecule has 24 heavy (non-hydrogen) atoms. The van der Waals surface area contributed by atoms with Gasteiger partial charge in [0.15, 0.2) is 5.79 Å². The van der Waals surface area contributed by atoms with Crippen molar-refractivity contribution < 1.29 is 14.6 Å². The van der Waals surface area contributed by atoms with Crippen molar-refractivity contribution in [2.75, 3.05) is 13.2 Å². The van der Waals surface area contributed by atoms with E-state index >= 15 is 0 Å². The zero-order valence-electron chi connectivity index (χ0n) is 15.0. The summed E-state index contributed by atoms with van der Waals surface area (Å²) in [5, 5.41) is 10.1. The molecule has 132 valence electrons. The second-order valence-electron chi connectivity index (χ2n) is 9.25. The Bertz CT molecular complexity index is 602. The second-order valence-corrected chi connectivity index (χ2v) is 9.25. The molecule has 0 unspecified atom stereocenters. The molecule has 0 aromatic heterocycles. The lowest BCUT2D eigenvalue weighted by Crippen LogP contribution is -2.55. The molecular weight excluding hydrogens is 300 g/mol. The molecule has 5 rings (SSSR count). The van der Waals surface area contributed by atoms with E-state index in [1.165, 1.54) is 18.4 Å². The third-order valence-corrected chi connectivity index (χ3v) is 8.36. The maximum absolute atomic E-state index is 10.1. The molecule has 1 aliphatic heterocycles. The molecule has 0 radical (unpaired) electrons. The monoisotopic (exact) mass is 330 g/mol. The van der Waals surface area contributed by atoms with Crippen molar-refractivity contribution in [3.05, 3.63) is 23.8 Å². The van der Waals surface area contributed by atoms with Crippen LogP contribution in [0.5, 0.6) is 0 Å². The summed E-state index contributed by atoms with van der Waals surface area (Å²) in [7, 11) is 0. The molecule has 1 saturated heterocycles. The molecule has 3 nitrogen and oxygen atoms in total. The van der Waals surface area contributed by atoms with Crippen LogP contribution < -0.4 is 0 Å². The minimum atomic E-state index is -0.462. The Morgan fingerprint density at radius 2 is 1.92 bits per heavy atom. The van der Waals surface area contributed by atoms with Crippen molar-refractivity contribution in [1.29, 1.82) is 0 Å². The van der Waals surface area contributed by atoms with Crippen LogP contribution in [-0.2, 0) is 9.47 Å². The Balaban J connectivity index is 1.50. The van der Waals surface area contributed by atoms with Gasteiger partial charge in [0.05, 0.1) is 19.3 Å². The third kappa shape index (κ3) is 1.79. The van der Waals surface area contributed by atoms with E-state index in [4.69, 9.17) is 9.47 Å². The first-order valence-corrected chi connectivity index (χ1v) is 9.83. The fourth-order valence-corrected chi connectivity index (χ4v) is 6.93. The van der Waals surface area contributed by atoms with E-state index < -0.39 is 5.79 Å². The van der Waals surface area contributed by atoms with Crippen molar-refractivity contribution in [2.45, 2.75) is 64.3 Å². The van der Waals surface area contributed by atoms with Gasteiger partial charge in [-0.3, -0.25) is 0 Å². The maximum atomic E-state index is 10.1. The second kappa shape index (κ2) is 4.96. The molecule has 3 fully saturated rings. The zero-order chi connectivity index (χ0) is 16.6. The number of hydrogen-bond acceptors (Lipinski definition) is 3. The number of fused-ring (bicyclic) bond motifs is 6. The normalized spacial score (nSPS) is 51.9. The summed E-state index contributed by atoms with van der Waals surface area (Å²) in [5.74, 6) is 1.52. The highest BCUT2D eigenvalue weighted by Crippen LogP contribution is 2.66. The summed E-state index contributed by atoms with van der Waals surface area (Å²) in [6.07, 6.45) is 13.6. The van der Waals surface area contributed by atoms with Crippen molar-refractivity contribution in [3.63, 3.8) is 0 Å². The van der Waals surface area contributed by atoms with Gasteiger partial charge in [0.25, 0.3) is 0 Å². The van der Waals surface area contributed by atoms with E-state index in [2.05, 4.69) is 32.1 Å². The average Bonchev–Trinajstić information content (AvgIpc) is 3.15. The summed E-state index contributed by atoms with van der Waals surface area (Å²) in [6.45, 7) is 6.31. The molecule has 2 saturated carbocycles. The summed E-state index contributed by atoms with van der Waals surface area (Å²) in [4.78, 5) is 0. The first-order valence-electron chi connectivity index (χ1n) is 9.83. The van der Waals surface area contributed by atoms with E-state index in [1.54, 1.807) is 0 Å². The van der Waals surface area contributed by atoms with Gasteiger partial charge in [-0.05, 0) is 67.8 Å². The highest BCUT2D eigenvalue weighted by molar-refractivity contribution is 5.30. The molecule has 4 aliphatic carbocycles. The lowest BCUT2D eigenvalue weighted by molar-refractivity contribution is -0.222. The average molecular weight is 330 g/mol. The van der Waals surface area contributed by atoms with Crippen LogP contribution in [0.2, 0.25) is 0 Å². The van der Waals surface area contributed by atoms with Gasteiger partial charge in [-0.15, -0.1) is 0 Å². The molecule has 0 aromatic rings. The molecule has 0 amide bonds. The minimum absolute atomic E-state index is 0.0839. The molecule has 1 N–H and O–H groups in total. The van der Waals surface area contributed by atoms with Crippen molar-refractivity contribution in [3.8, 4) is 0 Å². The van der Waals surface area contributed by atoms with E-state index in [-0.39, 0.29) is 11.5 Å². The SMILES string of the molecule is C[C@]12CC[C@H](O)CC1=CC[C@@H]1[C@@H]2CC[C@@]2(C)[C@H]1C=CC21OCCO1. The fraction of sp³-hybridized carbons (Fsp3) is 0.810. The zero-order valence-corrected chi connectivity index (χ0v) is 15.0. The van der Waals surface area contributed by atoms with Crippen molar-refractivity contribution >= 4 is 0 Å². The fourth-order valence-electron chi connectivity index (χ4n) is 6.93. The molecule has 3 heteroatoms. The van der Waals surface area contributed by atoms with Crippen molar-refractivity contribution in [2.24, 2.45) is 28.6 Å². The predicted molar refractivity (Wildman–Crippen MR) is 92.3 cm³/mol. The molecule has 0 bridgehead atoms. The third-order valence-electron chi connectivity index (χ3n) is 8.36. The lowest BCUT2D eigenvalue weighted by Gasteiger charge is -2.58. The molecular formula is C21H30O3. The summed E-state index contributed by atoms with van der Waals surface area (Å²) >= 11 is 0. The number of allylic oxidation sites excluding steroid dienone is 2. The highest BCUT2D eigenvalue weighted by Gasteiger charge is 2.64. The van der Waals surface area contributed by atoms with Crippen LogP contribution in [0.1, 0.15) is 52.4 Å². The molecule has 6 atom stereocenters. The largest absolute Gasteiger partial charge is 0.393 e. The van der Waals surface area contributed by atoms with Gasteiger partial charge < -0.3 is 14.6 Å². The van der Waals surface area contributed by atoms with E-state index in [9.17, 15) is 5.11 Å². The first-order chi connectivity index (χ1) is 11.5. The van der Waals surface area contributed by atoms with E-state index in [0.717, 1.165) is 44.8 Å². The van der Waals surface area contributed by atoms with Gasteiger partial charge in [-0.1, -0.05) is 31.6 Å². The number of rotatable bonds is 0. The lowest BCUT2D eigenvalue weighted by atomic mass is 9.47. The van der Waals surface area contributed by atoms with Gasteiger partial charge in [0.2, 0.25) is 0 Å². The Morgan fingerprint density at radius 1 is 1.12 bits per heavy atom. The molecule has 1 heterocycles. The van der Waals surface area contributed by atoms with Crippen molar-refractivity contribution in [1.82, 2.24) is 0 Å². The van der Waals surface area contributed by atoms with Crippen LogP contribution in [0.3, 0.4) is 0 Å². The van der Waals surface area contributed by atoms with E-state index in [0.29, 0.717) is 17.3 Å². The summed E-state index contributed by atoms with van der Waals surface area (Å²) < 4.78 is 12.3. The van der Waals surface area contributed by atoms with Crippen LogP contribution in [0, 0.1) is 28.6 Å². The number of aliphatic hydroxyl groups is 1. The Kier molecular flexibility index (Phi) is 3.22. The number of aliphatic hydroxyl groups excluding tert-OH is 1. The van der Waals surface area contributed by atoms with Crippen LogP contribution in [-0.4, -0.2) is 30.2 Å². The maximum Gasteiger partial charge on any atom is 0.193 e. The van der Waals surface area contributed by atoms with E-state index in [1.807, 2.05) is 0 Å². The summed E-state index contributed by atoms with van der Waals surface area (Å²) in [6, 6.07) is 0. The van der Waals surface area contributed by atoms with Crippen LogP contribution in [0.25, 0.3) is 0 Å². The van der Waals surface area contributed by atoms with Gasteiger partial charge in [0.1, 0.15) is 0 Å².